The molecular weight excluding hydrogens is 223 g/mol. The maximum atomic E-state index is 11.6. The molecule has 1 aliphatic rings. The lowest BCUT2D eigenvalue weighted by atomic mass is 10.0. The first kappa shape index (κ1) is 9.99. The van der Waals surface area contributed by atoms with E-state index in [2.05, 4.69) is 4.98 Å². The van der Waals surface area contributed by atoms with Crippen molar-refractivity contribution < 1.29 is 0 Å². The largest absolute Gasteiger partial charge is 0.291 e. The van der Waals surface area contributed by atoms with E-state index in [1.54, 1.807) is 4.57 Å². The van der Waals surface area contributed by atoms with Crippen LogP contribution >= 0.6 is 23.2 Å². The van der Waals surface area contributed by atoms with Gasteiger partial charge in [-0.05, 0) is 19.8 Å². The van der Waals surface area contributed by atoms with Crippen LogP contribution in [0.15, 0.2) is 17.1 Å². The Kier molecular flexibility index (Phi) is 2.32. The molecule has 1 atom stereocenters. The van der Waals surface area contributed by atoms with E-state index >= 15 is 0 Å². The minimum Gasteiger partial charge on any atom is -0.291 e. The summed E-state index contributed by atoms with van der Waals surface area (Å²) in [6.45, 7) is 1.97. The predicted octanol–water partition coefficient (Wildman–Crippen LogP) is 2.23. The van der Waals surface area contributed by atoms with E-state index in [1.807, 2.05) is 6.92 Å². The Morgan fingerprint density at radius 3 is 3.00 bits per heavy atom. The number of halogens is 2. The van der Waals surface area contributed by atoms with Gasteiger partial charge >= 0.3 is 0 Å². The zero-order valence-electron chi connectivity index (χ0n) is 7.70. The number of rotatable bonds is 0. The van der Waals surface area contributed by atoms with Crippen LogP contribution in [0.5, 0.6) is 0 Å². The topological polar surface area (TPSA) is 34.9 Å². The van der Waals surface area contributed by atoms with E-state index in [0.717, 1.165) is 6.42 Å². The van der Waals surface area contributed by atoms with E-state index in [1.165, 1.54) is 12.3 Å². The van der Waals surface area contributed by atoms with Gasteiger partial charge in [0.25, 0.3) is 5.56 Å². The van der Waals surface area contributed by atoms with Crippen molar-refractivity contribution in [3.8, 4) is 0 Å². The Bertz CT molecular complexity index is 414. The molecule has 14 heavy (non-hydrogen) atoms. The SMILES string of the molecule is C[C@@H]1CCC(Cl)(Cl)c2nccc(=O)n21. The Labute approximate surface area is 91.7 Å². The molecule has 0 amide bonds. The fourth-order valence-corrected chi connectivity index (χ4v) is 2.24. The monoisotopic (exact) mass is 232 g/mol. The molecule has 3 nitrogen and oxygen atoms in total. The van der Waals surface area contributed by atoms with E-state index in [0.29, 0.717) is 12.2 Å². The van der Waals surface area contributed by atoms with Crippen LogP contribution in [0.4, 0.5) is 0 Å². The van der Waals surface area contributed by atoms with Gasteiger partial charge in [-0.15, -0.1) is 0 Å². The van der Waals surface area contributed by atoms with Crippen molar-refractivity contribution in [1.29, 1.82) is 0 Å². The number of hydrogen-bond donors (Lipinski definition) is 0. The Morgan fingerprint density at radius 2 is 2.36 bits per heavy atom. The van der Waals surface area contributed by atoms with Crippen molar-refractivity contribution in [2.75, 3.05) is 0 Å². The molecule has 5 heteroatoms. The third kappa shape index (κ3) is 1.44. The van der Waals surface area contributed by atoms with Crippen molar-refractivity contribution in [1.82, 2.24) is 9.55 Å². The molecule has 1 aliphatic heterocycles. The number of nitrogens with zero attached hydrogens (tertiary/aromatic N) is 2. The molecule has 2 rings (SSSR count). The molecule has 0 saturated carbocycles. The average Bonchev–Trinajstić information content (AvgIpc) is 2.12. The van der Waals surface area contributed by atoms with E-state index in [9.17, 15) is 4.79 Å². The van der Waals surface area contributed by atoms with Crippen LogP contribution in [0.1, 0.15) is 31.6 Å². The standard InChI is InChI=1S/C9H10Cl2N2O/c1-6-2-4-9(10,11)8-12-5-3-7(14)13(6)8/h3,5-6H,2,4H2,1H3/t6-/m1/s1. The molecule has 76 valence electrons. The molecule has 0 fully saturated rings. The van der Waals surface area contributed by atoms with E-state index < -0.39 is 4.33 Å². The average molecular weight is 233 g/mol. The molecule has 0 unspecified atom stereocenters. The zero-order valence-corrected chi connectivity index (χ0v) is 9.22. The van der Waals surface area contributed by atoms with Crippen molar-refractivity contribution in [2.45, 2.75) is 30.1 Å². The van der Waals surface area contributed by atoms with Crippen molar-refractivity contribution >= 4 is 23.2 Å². The lowest BCUT2D eigenvalue weighted by Gasteiger charge is -2.31. The highest BCUT2D eigenvalue weighted by Crippen LogP contribution is 2.42. The van der Waals surface area contributed by atoms with Crippen LogP contribution in [-0.4, -0.2) is 9.55 Å². The summed E-state index contributed by atoms with van der Waals surface area (Å²) in [5, 5.41) is 0. The molecular formula is C9H10Cl2N2O. The second kappa shape index (κ2) is 3.24. The highest BCUT2D eigenvalue weighted by Gasteiger charge is 2.37. The second-order valence-electron chi connectivity index (χ2n) is 3.57. The summed E-state index contributed by atoms with van der Waals surface area (Å²) in [4.78, 5) is 15.7. The highest BCUT2D eigenvalue weighted by molar-refractivity contribution is 6.47. The van der Waals surface area contributed by atoms with Gasteiger partial charge in [0.15, 0.2) is 4.33 Å². The summed E-state index contributed by atoms with van der Waals surface area (Å²) in [5.41, 5.74) is -0.0899. The molecule has 2 heterocycles. The van der Waals surface area contributed by atoms with E-state index in [4.69, 9.17) is 23.2 Å². The summed E-state index contributed by atoms with van der Waals surface area (Å²) in [7, 11) is 0. The first-order valence-electron chi connectivity index (χ1n) is 4.48. The van der Waals surface area contributed by atoms with Crippen LogP contribution < -0.4 is 5.56 Å². The van der Waals surface area contributed by atoms with Gasteiger partial charge in [-0.3, -0.25) is 9.36 Å². The Balaban J connectivity index is 2.69. The van der Waals surface area contributed by atoms with E-state index in [-0.39, 0.29) is 11.6 Å². The number of alkyl halides is 2. The second-order valence-corrected chi connectivity index (χ2v) is 5.05. The predicted molar refractivity (Wildman–Crippen MR) is 55.8 cm³/mol. The fourth-order valence-electron chi connectivity index (χ4n) is 1.75. The van der Waals surface area contributed by atoms with Crippen molar-refractivity contribution in [2.24, 2.45) is 0 Å². The number of fused-ring (bicyclic) bond motifs is 1. The molecule has 0 N–H and O–H groups in total. The lowest BCUT2D eigenvalue weighted by Crippen LogP contribution is -2.36. The van der Waals surface area contributed by atoms with Crippen molar-refractivity contribution in [3.63, 3.8) is 0 Å². The van der Waals surface area contributed by atoms with Crippen LogP contribution in [-0.2, 0) is 4.33 Å². The summed E-state index contributed by atoms with van der Waals surface area (Å²) in [6, 6.07) is 1.55. The highest BCUT2D eigenvalue weighted by atomic mass is 35.5. The van der Waals surface area contributed by atoms with Crippen LogP contribution in [0, 0.1) is 0 Å². The van der Waals surface area contributed by atoms with Gasteiger partial charge in [-0.25, -0.2) is 4.98 Å². The molecule has 0 bridgehead atoms. The normalized spacial score (nSPS) is 24.4. The maximum Gasteiger partial charge on any atom is 0.253 e. The first-order chi connectivity index (χ1) is 6.52. The van der Waals surface area contributed by atoms with Gasteiger partial charge in [0, 0.05) is 18.3 Å². The molecule has 0 radical (unpaired) electrons. The quantitative estimate of drug-likeness (QED) is 0.644. The molecule has 0 aliphatic carbocycles. The number of hydrogen-bond acceptors (Lipinski definition) is 2. The number of aromatic nitrogens is 2. The smallest absolute Gasteiger partial charge is 0.253 e. The van der Waals surface area contributed by atoms with Gasteiger partial charge in [-0.1, -0.05) is 23.2 Å². The summed E-state index contributed by atoms with van der Waals surface area (Å²) >= 11 is 12.2. The third-order valence-electron chi connectivity index (χ3n) is 2.52. The van der Waals surface area contributed by atoms with Crippen LogP contribution in [0.25, 0.3) is 0 Å². The van der Waals surface area contributed by atoms with Gasteiger partial charge < -0.3 is 0 Å². The minimum atomic E-state index is -1.02. The maximum absolute atomic E-state index is 11.6. The van der Waals surface area contributed by atoms with Gasteiger partial charge in [0.1, 0.15) is 5.82 Å². The van der Waals surface area contributed by atoms with Gasteiger partial charge in [-0.2, -0.15) is 0 Å². The fraction of sp³-hybridized carbons (Fsp3) is 0.556. The lowest BCUT2D eigenvalue weighted by molar-refractivity contribution is 0.380. The van der Waals surface area contributed by atoms with Gasteiger partial charge in [0.05, 0.1) is 0 Å². The summed E-state index contributed by atoms with van der Waals surface area (Å²) in [6.07, 6.45) is 2.88. The molecule has 0 aromatic carbocycles. The Morgan fingerprint density at radius 1 is 1.64 bits per heavy atom. The molecule has 1 aromatic heterocycles. The molecule has 0 saturated heterocycles. The molecule has 1 aromatic rings. The third-order valence-corrected chi connectivity index (χ3v) is 3.24. The summed E-state index contributed by atoms with van der Waals surface area (Å²) in [5.74, 6) is 0.465. The summed E-state index contributed by atoms with van der Waals surface area (Å²) < 4.78 is 0.552. The van der Waals surface area contributed by atoms with Crippen LogP contribution in [0.3, 0.4) is 0 Å². The zero-order chi connectivity index (χ0) is 10.3. The first-order valence-corrected chi connectivity index (χ1v) is 5.24. The van der Waals surface area contributed by atoms with Crippen LogP contribution in [0.2, 0.25) is 0 Å². The van der Waals surface area contributed by atoms with Crippen molar-refractivity contribution in [3.05, 3.63) is 28.4 Å². The Hall–Kier alpha value is -0.540. The molecule has 0 spiro atoms. The minimum absolute atomic E-state index is 0.0899. The van der Waals surface area contributed by atoms with Gasteiger partial charge in [0.2, 0.25) is 0 Å².